The summed E-state index contributed by atoms with van der Waals surface area (Å²) >= 11 is 8.02. The van der Waals surface area contributed by atoms with Crippen molar-refractivity contribution < 1.29 is 9.90 Å². The normalized spacial score (nSPS) is 15.0. The molecule has 0 radical (unpaired) electrons. The average molecular weight is 432 g/mol. The Morgan fingerprint density at radius 3 is 2.86 bits per heavy atom. The second kappa shape index (κ2) is 10.7. The summed E-state index contributed by atoms with van der Waals surface area (Å²) in [6.45, 7) is 0.194. The van der Waals surface area contributed by atoms with Gasteiger partial charge in [0.15, 0.2) is 5.82 Å². The quantitative estimate of drug-likeness (QED) is 0.498. The number of aromatic nitrogens is 2. The van der Waals surface area contributed by atoms with Gasteiger partial charge in [-0.25, -0.2) is 0 Å². The van der Waals surface area contributed by atoms with Crippen molar-refractivity contribution in [2.75, 3.05) is 18.2 Å². The van der Waals surface area contributed by atoms with Crippen LogP contribution in [0.25, 0.3) is 0 Å². The van der Waals surface area contributed by atoms with Gasteiger partial charge in [0.25, 0.3) is 0 Å². The Morgan fingerprint density at radius 1 is 1.38 bits per heavy atom. The number of carbonyl (C=O) groups is 1. The zero-order valence-corrected chi connectivity index (χ0v) is 18.1. The van der Waals surface area contributed by atoms with Crippen LogP contribution < -0.4 is 5.32 Å². The van der Waals surface area contributed by atoms with Gasteiger partial charge in [0.2, 0.25) is 5.91 Å². The van der Waals surface area contributed by atoms with E-state index in [0.29, 0.717) is 23.3 Å². The van der Waals surface area contributed by atoms with Crippen LogP contribution in [0.3, 0.4) is 0 Å². The molecular formula is C22H26ClN3O2S. The summed E-state index contributed by atoms with van der Waals surface area (Å²) in [6, 6.07) is 7.69. The predicted octanol–water partition coefficient (Wildman–Crippen LogP) is 4.56. The molecule has 29 heavy (non-hydrogen) atoms. The summed E-state index contributed by atoms with van der Waals surface area (Å²) in [6.07, 6.45) is 9.41. The number of hydrogen-bond acceptors (Lipinski definition) is 4. The lowest BCUT2D eigenvalue weighted by Crippen LogP contribution is -2.23. The highest BCUT2D eigenvalue weighted by atomic mass is 35.5. The smallest absolute Gasteiger partial charge is 0.233 e. The molecule has 1 aliphatic carbocycles. The number of halogens is 1. The lowest BCUT2D eigenvalue weighted by atomic mass is 9.87. The Balaban J connectivity index is 1.76. The van der Waals surface area contributed by atoms with E-state index in [9.17, 15) is 4.79 Å². The number of carbonyl (C=O) groups excluding carboxylic acids is 1. The number of aliphatic hydroxyl groups excluding tert-OH is 1. The third-order valence-electron chi connectivity index (χ3n) is 5.28. The molecule has 1 fully saturated rings. The lowest BCUT2D eigenvalue weighted by molar-refractivity contribution is -0.118. The maximum Gasteiger partial charge on any atom is 0.233 e. The monoisotopic (exact) mass is 431 g/mol. The maximum absolute atomic E-state index is 13.2. The highest BCUT2D eigenvalue weighted by Gasteiger charge is 2.27. The Morgan fingerprint density at radius 2 is 2.17 bits per heavy atom. The van der Waals surface area contributed by atoms with Crippen LogP contribution in [0.4, 0.5) is 5.82 Å². The second-order valence-electron chi connectivity index (χ2n) is 7.23. The fraction of sp³-hybridized carbons (Fsp3) is 0.455. The van der Waals surface area contributed by atoms with Crippen LogP contribution in [0.2, 0.25) is 5.02 Å². The highest BCUT2D eigenvalue weighted by molar-refractivity contribution is 7.98. The molecule has 0 saturated heterocycles. The van der Waals surface area contributed by atoms with Gasteiger partial charge in [-0.2, -0.15) is 5.10 Å². The molecule has 5 nitrogen and oxygen atoms in total. The molecule has 1 saturated carbocycles. The molecule has 1 aliphatic rings. The van der Waals surface area contributed by atoms with Gasteiger partial charge in [-0.05, 0) is 36.3 Å². The predicted molar refractivity (Wildman–Crippen MR) is 118 cm³/mol. The van der Waals surface area contributed by atoms with Gasteiger partial charge >= 0.3 is 0 Å². The highest BCUT2D eigenvalue weighted by Crippen LogP contribution is 2.37. The summed E-state index contributed by atoms with van der Waals surface area (Å²) in [5, 5.41) is 16.7. The molecule has 2 N–H and O–H groups in total. The number of rotatable bonds is 7. The van der Waals surface area contributed by atoms with E-state index in [1.54, 1.807) is 28.7 Å². The summed E-state index contributed by atoms with van der Waals surface area (Å²) in [7, 11) is 0. The molecule has 1 amide bonds. The van der Waals surface area contributed by atoms with Crippen molar-refractivity contribution >= 4 is 35.1 Å². The van der Waals surface area contributed by atoms with Crippen LogP contribution in [-0.2, 0) is 11.3 Å². The zero-order valence-electron chi connectivity index (χ0n) is 16.5. The summed E-state index contributed by atoms with van der Waals surface area (Å²) in [5.41, 5.74) is 0.949. The van der Waals surface area contributed by atoms with E-state index in [1.807, 2.05) is 24.5 Å². The first-order chi connectivity index (χ1) is 14.1. The number of nitrogens with one attached hydrogen (secondary N) is 1. The first kappa shape index (κ1) is 21.8. The van der Waals surface area contributed by atoms with Gasteiger partial charge in [-0.3, -0.25) is 9.48 Å². The van der Waals surface area contributed by atoms with Crippen LogP contribution in [-0.4, -0.2) is 33.7 Å². The SMILES string of the molecule is CSc1ccc(C(CC2CCCC2)C(=O)Nc2ccn(CC#CCO)n2)cc1Cl. The third kappa shape index (κ3) is 6.02. The molecule has 7 heteroatoms. The van der Waals surface area contributed by atoms with Crippen molar-refractivity contribution in [2.24, 2.45) is 5.92 Å². The van der Waals surface area contributed by atoms with Gasteiger partial charge < -0.3 is 10.4 Å². The average Bonchev–Trinajstić information content (AvgIpc) is 3.38. The molecule has 2 aromatic rings. The van der Waals surface area contributed by atoms with E-state index >= 15 is 0 Å². The number of amides is 1. The van der Waals surface area contributed by atoms with Crippen LogP contribution in [0.15, 0.2) is 35.4 Å². The van der Waals surface area contributed by atoms with Gasteiger partial charge in [0.05, 0.1) is 10.9 Å². The van der Waals surface area contributed by atoms with E-state index in [1.165, 1.54) is 25.7 Å². The van der Waals surface area contributed by atoms with Crippen LogP contribution in [0, 0.1) is 17.8 Å². The lowest BCUT2D eigenvalue weighted by Gasteiger charge is -2.21. The molecule has 3 rings (SSSR count). The molecular weight excluding hydrogens is 406 g/mol. The molecule has 1 unspecified atom stereocenters. The van der Waals surface area contributed by atoms with Gasteiger partial charge in [-0.1, -0.05) is 55.2 Å². The van der Waals surface area contributed by atoms with E-state index in [-0.39, 0.29) is 18.4 Å². The number of aliphatic hydroxyl groups is 1. The summed E-state index contributed by atoms with van der Waals surface area (Å²) in [5.74, 6) is 6.14. The topological polar surface area (TPSA) is 67.2 Å². The first-order valence-corrected chi connectivity index (χ1v) is 11.4. The van der Waals surface area contributed by atoms with E-state index < -0.39 is 0 Å². The van der Waals surface area contributed by atoms with E-state index in [0.717, 1.165) is 16.9 Å². The minimum atomic E-state index is -0.258. The van der Waals surface area contributed by atoms with Gasteiger partial charge in [0.1, 0.15) is 13.2 Å². The van der Waals surface area contributed by atoms with Crippen LogP contribution in [0.1, 0.15) is 43.6 Å². The van der Waals surface area contributed by atoms with Crippen LogP contribution in [0.5, 0.6) is 0 Å². The first-order valence-electron chi connectivity index (χ1n) is 9.85. The molecule has 1 heterocycles. The Bertz CT molecular complexity index is 897. The van der Waals surface area contributed by atoms with Crippen molar-refractivity contribution in [1.29, 1.82) is 0 Å². The molecule has 1 aromatic carbocycles. The van der Waals surface area contributed by atoms with Crippen molar-refractivity contribution in [2.45, 2.75) is 49.5 Å². The molecule has 1 atom stereocenters. The van der Waals surface area contributed by atoms with Crippen molar-refractivity contribution in [3.8, 4) is 11.8 Å². The Labute approximate surface area is 181 Å². The second-order valence-corrected chi connectivity index (χ2v) is 8.49. The maximum atomic E-state index is 13.2. The minimum absolute atomic E-state index is 0.0587. The van der Waals surface area contributed by atoms with E-state index in [2.05, 4.69) is 22.3 Å². The molecule has 154 valence electrons. The third-order valence-corrected chi connectivity index (χ3v) is 6.50. The van der Waals surface area contributed by atoms with Crippen molar-refractivity contribution in [1.82, 2.24) is 9.78 Å². The standard InChI is InChI=1S/C22H26ClN3O2S/c1-29-20-9-8-17(15-19(20)23)18(14-16-6-2-3-7-16)22(28)24-21-10-12-26(25-21)11-4-5-13-27/h8-10,12,15-16,18,27H,2-3,6-7,11,13-14H2,1H3,(H,24,25,28). The summed E-state index contributed by atoms with van der Waals surface area (Å²) < 4.78 is 1.63. The van der Waals surface area contributed by atoms with E-state index in [4.69, 9.17) is 16.7 Å². The number of hydrogen-bond donors (Lipinski definition) is 2. The van der Waals surface area contributed by atoms with Crippen LogP contribution >= 0.6 is 23.4 Å². The van der Waals surface area contributed by atoms with Crippen molar-refractivity contribution in [3.63, 3.8) is 0 Å². The fourth-order valence-electron chi connectivity index (χ4n) is 3.80. The molecule has 0 bridgehead atoms. The summed E-state index contributed by atoms with van der Waals surface area (Å²) in [4.78, 5) is 14.2. The van der Waals surface area contributed by atoms with Gasteiger partial charge in [0, 0.05) is 17.2 Å². The molecule has 0 spiro atoms. The fourth-order valence-corrected chi connectivity index (χ4v) is 4.67. The Hall–Kier alpha value is -1.94. The number of nitrogens with zero attached hydrogens (tertiary/aromatic N) is 2. The molecule has 0 aliphatic heterocycles. The largest absolute Gasteiger partial charge is 0.384 e. The Kier molecular flexibility index (Phi) is 8.05. The van der Waals surface area contributed by atoms with Crippen molar-refractivity contribution in [3.05, 3.63) is 41.0 Å². The number of thioether (sulfide) groups is 1. The molecule has 1 aromatic heterocycles. The minimum Gasteiger partial charge on any atom is -0.384 e. The number of benzene rings is 1. The number of anilines is 1. The zero-order chi connectivity index (χ0) is 20.6. The van der Waals surface area contributed by atoms with Gasteiger partial charge in [-0.15, -0.1) is 11.8 Å².